The standard InChI is InChI=1S/C20H18FN3O/c1-14-4-2-6-16(10-14)20(25)23-8-9-24-18(12-22-19(24)13-23)15-5-3-7-17(21)11-15/h2-7,10-12H,8-9,13H2,1H3. The molecule has 1 aromatic heterocycles. The first-order valence-corrected chi connectivity index (χ1v) is 8.28. The minimum Gasteiger partial charge on any atom is -0.329 e. The molecule has 1 aliphatic rings. The lowest BCUT2D eigenvalue weighted by molar-refractivity contribution is 0.0708. The van der Waals surface area contributed by atoms with E-state index in [1.807, 2.05) is 42.2 Å². The summed E-state index contributed by atoms with van der Waals surface area (Å²) in [5.41, 5.74) is 3.46. The number of rotatable bonds is 2. The van der Waals surface area contributed by atoms with E-state index >= 15 is 0 Å². The lowest BCUT2D eigenvalue weighted by Crippen LogP contribution is -2.38. The molecular formula is C20H18FN3O. The Balaban J connectivity index is 1.60. The van der Waals surface area contributed by atoms with Gasteiger partial charge in [0.1, 0.15) is 11.6 Å². The monoisotopic (exact) mass is 335 g/mol. The highest BCUT2D eigenvalue weighted by molar-refractivity contribution is 5.94. The number of aromatic nitrogens is 2. The maximum Gasteiger partial charge on any atom is 0.254 e. The summed E-state index contributed by atoms with van der Waals surface area (Å²) in [6.07, 6.45) is 1.75. The van der Waals surface area contributed by atoms with Crippen molar-refractivity contribution < 1.29 is 9.18 Å². The van der Waals surface area contributed by atoms with Crippen LogP contribution in [0, 0.1) is 12.7 Å². The van der Waals surface area contributed by atoms with E-state index in [0.717, 1.165) is 22.6 Å². The molecule has 1 aliphatic heterocycles. The molecule has 0 unspecified atom stereocenters. The predicted molar refractivity (Wildman–Crippen MR) is 93.5 cm³/mol. The number of aryl methyl sites for hydroxylation is 1. The molecular weight excluding hydrogens is 317 g/mol. The number of halogens is 1. The molecule has 2 aromatic carbocycles. The number of hydrogen-bond donors (Lipinski definition) is 0. The molecule has 0 atom stereocenters. The second-order valence-corrected chi connectivity index (χ2v) is 6.32. The average molecular weight is 335 g/mol. The number of amides is 1. The minimum absolute atomic E-state index is 0.0188. The lowest BCUT2D eigenvalue weighted by Gasteiger charge is -2.29. The fourth-order valence-corrected chi connectivity index (χ4v) is 3.27. The summed E-state index contributed by atoms with van der Waals surface area (Å²) < 4.78 is 15.6. The molecule has 0 radical (unpaired) electrons. The predicted octanol–water partition coefficient (Wildman–Crippen LogP) is 3.65. The molecule has 25 heavy (non-hydrogen) atoms. The number of carbonyl (C=O) groups excluding carboxylic acids is 1. The highest BCUT2D eigenvalue weighted by atomic mass is 19.1. The molecule has 4 nitrogen and oxygen atoms in total. The Kier molecular flexibility index (Phi) is 3.84. The van der Waals surface area contributed by atoms with Gasteiger partial charge in [0.05, 0.1) is 18.4 Å². The summed E-state index contributed by atoms with van der Waals surface area (Å²) >= 11 is 0. The highest BCUT2D eigenvalue weighted by Crippen LogP contribution is 2.25. The lowest BCUT2D eigenvalue weighted by atomic mass is 10.1. The first-order chi connectivity index (χ1) is 12.1. The van der Waals surface area contributed by atoms with Crippen LogP contribution in [0.15, 0.2) is 54.7 Å². The van der Waals surface area contributed by atoms with Crippen LogP contribution in [0.1, 0.15) is 21.7 Å². The van der Waals surface area contributed by atoms with Crippen LogP contribution in [0.25, 0.3) is 11.3 Å². The number of benzene rings is 2. The smallest absolute Gasteiger partial charge is 0.254 e. The average Bonchev–Trinajstić information content (AvgIpc) is 3.04. The Morgan fingerprint density at radius 2 is 1.96 bits per heavy atom. The van der Waals surface area contributed by atoms with E-state index in [9.17, 15) is 9.18 Å². The molecule has 126 valence electrons. The van der Waals surface area contributed by atoms with E-state index < -0.39 is 0 Å². The van der Waals surface area contributed by atoms with Crippen LogP contribution in [-0.2, 0) is 13.1 Å². The normalized spacial score (nSPS) is 13.6. The molecule has 2 heterocycles. The zero-order valence-electron chi connectivity index (χ0n) is 13.9. The van der Waals surface area contributed by atoms with Crippen molar-refractivity contribution in [1.82, 2.24) is 14.5 Å². The van der Waals surface area contributed by atoms with Gasteiger partial charge in [-0.05, 0) is 31.2 Å². The Labute approximate surface area is 145 Å². The first kappa shape index (κ1) is 15.6. The van der Waals surface area contributed by atoms with Gasteiger partial charge in [0, 0.05) is 24.2 Å². The van der Waals surface area contributed by atoms with Gasteiger partial charge in [-0.2, -0.15) is 0 Å². The summed E-state index contributed by atoms with van der Waals surface area (Å²) in [7, 11) is 0. The number of carbonyl (C=O) groups is 1. The van der Waals surface area contributed by atoms with Gasteiger partial charge in [-0.3, -0.25) is 4.79 Å². The van der Waals surface area contributed by atoms with Crippen LogP contribution in [0.3, 0.4) is 0 Å². The summed E-state index contributed by atoms with van der Waals surface area (Å²) in [5.74, 6) is 0.580. The molecule has 1 amide bonds. The number of nitrogens with zero attached hydrogens (tertiary/aromatic N) is 3. The van der Waals surface area contributed by atoms with Crippen LogP contribution in [0.2, 0.25) is 0 Å². The van der Waals surface area contributed by atoms with Crippen LogP contribution in [0.5, 0.6) is 0 Å². The molecule has 3 aromatic rings. The van der Waals surface area contributed by atoms with Crippen molar-refractivity contribution in [2.24, 2.45) is 0 Å². The largest absolute Gasteiger partial charge is 0.329 e. The number of hydrogen-bond acceptors (Lipinski definition) is 2. The van der Waals surface area contributed by atoms with E-state index in [-0.39, 0.29) is 11.7 Å². The van der Waals surface area contributed by atoms with Crippen LogP contribution in [0.4, 0.5) is 4.39 Å². The molecule has 0 fully saturated rings. The van der Waals surface area contributed by atoms with Gasteiger partial charge in [-0.1, -0.05) is 29.8 Å². The molecule has 4 rings (SSSR count). The van der Waals surface area contributed by atoms with Gasteiger partial charge in [-0.15, -0.1) is 0 Å². The zero-order chi connectivity index (χ0) is 17.4. The second-order valence-electron chi connectivity index (χ2n) is 6.32. The van der Waals surface area contributed by atoms with Gasteiger partial charge in [-0.25, -0.2) is 9.37 Å². The molecule has 0 spiro atoms. The van der Waals surface area contributed by atoms with Crippen molar-refractivity contribution in [3.05, 3.63) is 77.5 Å². The summed E-state index contributed by atoms with van der Waals surface area (Å²) in [6, 6.07) is 14.1. The fraction of sp³-hybridized carbons (Fsp3) is 0.200. The van der Waals surface area contributed by atoms with Gasteiger partial charge >= 0.3 is 0 Å². The van der Waals surface area contributed by atoms with Crippen molar-refractivity contribution in [3.63, 3.8) is 0 Å². The first-order valence-electron chi connectivity index (χ1n) is 8.28. The Bertz CT molecular complexity index is 948. The van der Waals surface area contributed by atoms with Crippen LogP contribution >= 0.6 is 0 Å². The van der Waals surface area contributed by atoms with Gasteiger partial charge in [0.2, 0.25) is 0 Å². The summed E-state index contributed by atoms with van der Waals surface area (Å²) in [5, 5.41) is 0. The van der Waals surface area contributed by atoms with E-state index in [2.05, 4.69) is 9.55 Å². The van der Waals surface area contributed by atoms with Gasteiger partial charge in [0.15, 0.2) is 0 Å². The van der Waals surface area contributed by atoms with Crippen molar-refractivity contribution in [1.29, 1.82) is 0 Å². The Hall–Kier alpha value is -2.95. The number of imidazole rings is 1. The summed E-state index contributed by atoms with van der Waals surface area (Å²) in [6.45, 7) is 3.70. The SMILES string of the molecule is Cc1cccc(C(=O)N2CCn3c(-c4cccc(F)c4)cnc3C2)c1. The van der Waals surface area contributed by atoms with Crippen LogP contribution in [-0.4, -0.2) is 26.9 Å². The maximum atomic E-state index is 13.5. The van der Waals surface area contributed by atoms with Crippen molar-refractivity contribution in [3.8, 4) is 11.3 Å². The third kappa shape index (κ3) is 2.93. The number of fused-ring (bicyclic) bond motifs is 1. The van der Waals surface area contributed by atoms with Gasteiger partial charge in [0.25, 0.3) is 5.91 Å². The minimum atomic E-state index is -0.264. The van der Waals surface area contributed by atoms with E-state index in [0.29, 0.717) is 25.2 Å². The molecule has 0 aliphatic carbocycles. The third-order valence-electron chi connectivity index (χ3n) is 4.54. The Morgan fingerprint density at radius 1 is 1.12 bits per heavy atom. The fourth-order valence-electron chi connectivity index (χ4n) is 3.27. The van der Waals surface area contributed by atoms with Gasteiger partial charge < -0.3 is 9.47 Å². The van der Waals surface area contributed by atoms with E-state index in [1.54, 1.807) is 12.3 Å². The van der Waals surface area contributed by atoms with Crippen LogP contribution < -0.4 is 0 Å². The summed E-state index contributed by atoms with van der Waals surface area (Å²) in [4.78, 5) is 19.0. The zero-order valence-corrected chi connectivity index (χ0v) is 13.9. The quantitative estimate of drug-likeness (QED) is 0.717. The molecule has 0 N–H and O–H groups in total. The second kappa shape index (κ2) is 6.16. The van der Waals surface area contributed by atoms with Crippen molar-refractivity contribution >= 4 is 5.91 Å². The van der Waals surface area contributed by atoms with Crippen molar-refractivity contribution in [2.45, 2.75) is 20.0 Å². The molecule has 5 heteroatoms. The molecule has 0 saturated heterocycles. The Morgan fingerprint density at radius 3 is 2.76 bits per heavy atom. The molecule has 0 bridgehead atoms. The maximum absolute atomic E-state index is 13.5. The molecule has 0 saturated carbocycles. The van der Waals surface area contributed by atoms with E-state index in [4.69, 9.17) is 0 Å². The van der Waals surface area contributed by atoms with Crippen molar-refractivity contribution in [2.75, 3.05) is 6.54 Å². The highest BCUT2D eigenvalue weighted by Gasteiger charge is 2.24. The topological polar surface area (TPSA) is 38.1 Å². The van der Waals surface area contributed by atoms with E-state index in [1.165, 1.54) is 12.1 Å². The third-order valence-corrected chi connectivity index (χ3v) is 4.54.